The monoisotopic (exact) mass is 364 g/mol. The van der Waals surface area contributed by atoms with E-state index < -0.39 is 0 Å². The first-order valence-electron chi connectivity index (χ1n) is 9.56. The molecule has 0 bridgehead atoms. The second-order valence-electron chi connectivity index (χ2n) is 7.09. The minimum atomic E-state index is -0.290. The van der Waals surface area contributed by atoms with Gasteiger partial charge < -0.3 is 11.1 Å². The molecule has 0 spiro atoms. The van der Waals surface area contributed by atoms with Gasteiger partial charge in [-0.25, -0.2) is 14.6 Å². The first kappa shape index (κ1) is 17.5. The Labute approximate surface area is 158 Å². The van der Waals surface area contributed by atoms with Crippen molar-refractivity contribution in [2.24, 2.45) is 0 Å². The van der Waals surface area contributed by atoms with Gasteiger partial charge in [-0.05, 0) is 37.0 Å². The number of hydrogen-bond donors (Lipinski definition) is 2. The van der Waals surface area contributed by atoms with Crippen molar-refractivity contribution in [2.45, 2.75) is 51.5 Å². The van der Waals surface area contributed by atoms with Crippen LogP contribution in [0, 0.1) is 0 Å². The maximum absolute atomic E-state index is 12.9. The summed E-state index contributed by atoms with van der Waals surface area (Å²) in [4.78, 5) is 21.3. The number of carbonyl (C=O) groups excluding carboxylic acids is 1. The summed E-state index contributed by atoms with van der Waals surface area (Å²) in [5.41, 5.74) is 8.98. The van der Waals surface area contributed by atoms with Gasteiger partial charge in [0.05, 0.1) is 11.4 Å². The molecule has 27 heavy (non-hydrogen) atoms. The summed E-state index contributed by atoms with van der Waals surface area (Å²) in [5.74, 6) is -0.00539. The van der Waals surface area contributed by atoms with Crippen molar-refractivity contribution in [3.05, 3.63) is 41.9 Å². The van der Waals surface area contributed by atoms with Crippen LogP contribution in [0.5, 0.6) is 0 Å². The van der Waals surface area contributed by atoms with Crippen LogP contribution in [0.1, 0.15) is 61.1 Å². The van der Waals surface area contributed by atoms with E-state index in [0.29, 0.717) is 11.0 Å². The van der Waals surface area contributed by atoms with Gasteiger partial charge in [0.15, 0.2) is 11.3 Å². The molecule has 1 amide bonds. The number of nitrogens with zero attached hydrogens (tertiary/aromatic N) is 4. The highest BCUT2D eigenvalue weighted by Gasteiger charge is 2.26. The smallest absolute Gasteiger partial charge is 0.277 e. The molecule has 4 rings (SSSR count). The molecule has 1 fully saturated rings. The Kier molecular flexibility index (Phi) is 4.75. The highest BCUT2D eigenvalue weighted by atomic mass is 16.2. The fourth-order valence-corrected chi connectivity index (χ4v) is 3.79. The molecule has 0 saturated heterocycles. The molecule has 0 aliphatic heterocycles. The lowest BCUT2D eigenvalue weighted by Crippen LogP contribution is -2.15. The Morgan fingerprint density at radius 1 is 1.22 bits per heavy atom. The number of carbonyl (C=O) groups is 1. The van der Waals surface area contributed by atoms with Crippen molar-refractivity contribution in [2.75, 3.05) is 11.1 Å². The van der Waals surface area contributed by atoms with Crippen molar-refractivity contribution in [3.8, 4) is 0 Å². The summed E-state index contributed by atoms with van der Waals surface area (Å²) in [5, 5.41) is 8.05. The second-order valence-corrected chi connectivity index (χ2v) is 7.09. The second kappa shape index (κ2) is 7.34. The van der Waals surface area contributed by atoms with Crippen LogP contribution in [-0.2, 0) is 6.42 Å². The lowest BCUT2D eigenvalue weighted by Gasteiger charge is -2.10. The van der Waals surface area contributed by atoms with Crippen LogP contribution in [0.2, 0.25) is 0 Å². The minimum Gasteiger partial charge on any atom is -0.383 e. The molecule has 1 aliphatic carbocycles. The molecule has 0 radical (unpaired) electrons. The highest BCUT2D eigenvalue weighted by molar-refractivity contribution is 6.13. The number of nitrogens with one attached hydrogen (secondary N) is 1. The van der Waals surface area contributed by atoms with Crippen LogP contribution in [0.4, 0.5) is 11.5 Å². The zero-order chi connectivity index (χ0) is 18.8. The molecule has 0 unspecified atom stereocenters. The van der Waals surface area contributed by atoms with Crippen LogP contribution < -0.4 is 11.1 Å². The lowest BCUT2D eigenvalue weighted by molar-refractivity contribution is 0.102. The number of aromatic nitrogens is 4. The van der Waals surface area contributed by atoms with Crippen LogP contribution in [0.25, 0.3) is 11.0 Å². The maximum Gasteiger partial charge on any atom is 0.277 e. The number of nitrogens with two attached hydrogens (primary N) is 1. The Bertz CT molecular complexity index is 957. The average Bonchev–Trinajstić information content (AvgIpc) is 3.31. The van der Waals surface area contributed by atoms with E-state index in [2.05, 4.69) is 27.3 Å². The van der Waals surface area contributed by atoms with Crippen LogP contribution >= 0.6 is 0 Å². The standard InChI is InChI=1S/C20H24N6O/c1-2-5-13-8-10-14(11-9-13)24-20(27)17-16-18(21)22-12-23-19(16)26(25-17)15-6-3-4-7-15/h8-12,15H,2-7H2,1H3,(H,24,27)(H2,21,22,23). The lowest BCUT2D eigenvalue weighted by atomic mass is 10.1. The third kappa shape index (κ3) is 3.37. The first-order chi connectivity index (χ1) is 13.2. The topological polar surface area (TPSA) is 98.7 Å². The van der Waals surface area contributed by atoms with E-state index in [1.807, 2.05) is 28.9 Å². The number of anilines is 2. The number of benzene rings is 1. The van der Waals surface area contributed by atoms with Crippen molar-refractivity contribution in [1.82, 2.24) is 19.7 Å². The van der Waals surface area contributed by atoms with E-state index in [9.17, 15) is 4.79 Å². The summed E-state index contributed by atoms with van der Waals surface area (Å²) < 4.78 is 1.86. The van der Waals surface area contributed by atoms with Gasteiger partial charge in [-0.15, -0.1) is 0 Å². The Morgan fingerprint density at radius 2 is 1.96 bits per heavy atom. The molecule has 7 heteroatoms. The van der Waals surface area contributed by atoms with Crippen LogP contribution in [0.3, 0.4) is 0 Å². The van der Waals surface area contributed by atoms with Gasteiger partial charge >= 0.3 is 0 Å². The Balaban J connectivity index is 1.67. The van der Waals surface area contributed by atoms with E-state index >= 15 is 0 Å². The summed E-state index contributed by atoms with van der Waals surface area (Å²) in [6.07, 6.45) is 7.96. The van der Waals surface area contributed by atoms with E-state index in [-0.39, 0.29) is 23.5 Å². The molecule has 1 aromatic carbocycles. The number of rotatable bonds is 5. The summed E-state index contributed by atoms with van der Waals surface area (Å²) in [6, 6.07) is 8.16. The quantitative estimate of drug-likeness (QED) is 0.719. The van der Waals surface area contributed by atoms with E-state index in [4.69, 9.17) is 5.73 Å². The SMILES string of the molecule is CCCc1ccc(NC(=O)c2nn(C3CCCC3)c3ncnc(N)c23)cc1. The van der Waals surface area contributed by atoms with Crippen molar-refractivity contribution in [1.29, 1.82) is 0 Å². The molecule has 2 heterocycles. The van der Waals surface area contributed by atoms with Crippen molar-refractivity contribution in [3.63, 3.8) is 0 Å². The third-order valence-corrected chi connectivity index (χ3v) is 5.15. The van der Waals surface area contributed by atoms with Crippen molar-refractivity contribution >= 4 is 28.4 Å². The van der Waals surface area contributed by atoms with E-state index in [1.165, 1.54) is 11.9 Å². The molecule has 2 aromatic heterocycles. The van der Waals surface area contributed by atoms with Gasteiger partial charge in [-0.2, -0.15) is 5.10 Å². The van der Waals surface area contributed by atoms with E-state index in [0.717, 1.165) is 44.2 Å². The van der Waals surface area contributed by atoms with Gasteiger partial charge in [-0.1, -0.05) is 38.3 Å². The van der Waals surface area contributed by atoms with Gasteiger partial charge in [0.1, 0.15) is 12.1 Å². The number of hydrogen-bond acceptors (Lipinski definition) is 5. The molecule has 140 valence electrons. The molecular weight excluding hydrogens is 340 g/mol. The zero-order valence-corrected chi connectivity index (χ0v) is 15.5. The third-order valence-electron chi connectivity index (χ3n) is 5.15. The first-order valence-corrected chi connectivity index (χ1v) is 9.56. The molecule has 7 nitrogen and oxygen atoms in total. The summed E-state index contributed by atoms with van der Waals surface area (Å²) in [6.45, 7) is 2.15. The van der Waals surface area contributed by atoms with E-state index in [1.54, 1.807) is 0 Å². The fourth-order valence-electron chi connectivity index (χ4n) is 3.79. The van der Waals surface area contributed by atoms with Gasteiger partial charge in [0.25, 0.3) is 5.91 Å². The number of nitrogen functional groups attached to an aromatic ring is 1. The predicted octanol–water partition coefficient (Wildman–Crippen LogP) is 3.73. The normalized spacial score (nSPS) is 14.7. The Hall–Kier alpha value is -2.96. The van der Waals surface area contributed by atoms with Gasteiger partial charge in [-0.3, -0.25) is 4.79 Å². The van der Waals surface area contributed by atoms with Crippen LogP contribution in [0.15, 0.2) is 30.6 Å². The van der Waals surface area contributed by atoms with Gasteiger partial charge in [0, 0.05) is 5.69 Å². The van der Waals surface area contributed by atoms with Crippen molar-refractivity contribution < 1.29 is 4.79 Å². The summed E-state index contributed by atoms with van der Waals surface area (Å²) >= 11 is 0. The molecule has 1 saturated carbocycles. The molecule has 3 aromatic rings. The number of fused-ring (bicyclic) bond motifs is 1. The largest absolute Gasteiger partial charge is 0.383 e. The number of amides is 1. The predicted molar refractivity (Wildman–Crippen MR) is 106 cm³/mol. The maximum atomic E-state index is 12.9. The number of aryl methyl sites for hydroxylation is 1. The van der Waals surface area contributed by atoms with Gasteiger partial charge in [0.2, 0.25) is 0 Å². The highest BCUT2D eigenvalue weighted by Crippen LogP contribution is 2.33. The fraction of sp³-hybridized carbons (Fsp3) is 0.400. The molecule has 3 N–H and O–H groups in total. The minimum absolute atomic E-state index is 0.261. The molecular formula is C20H24N6O. The molecule has 0 atom stereocenters. The van der Waals surface area contributed by atoms with Crippen LogP contribution in [-0.4, -0.2) is 25.7 Å². The average molecular weight is 364 g/mol. The Morgan fingerprint density at radius 3 is 2.67 bits per heavy atom. The summed E-state index contributed by atoms with van der Waals surface area (Å²) in [7, 11) is 0. The molecule has 1 aliphatic rings. The zero-order valence-electron chi connectivity index (χ0n) is 15.5.